The summed E-state index contributed by atoms with van der Waals surface area (Å²) in [5.41, 5.74) is 1.64. The smallest absolute Gasteiger partial charge is 0.261 e. The van der Waals surface area contributed by atoms with Gasteiger partial charge in [-0.2, -0.15) is 8.42 Å². The largest absolute Gasteiger partial charge is 0.297 e. The summed E-state index contributed by atoms with van der Waals surface area (Å²) in [5, 5.41) is 0.490. The molecule has 0 bridgehead atoms. The third-order valence-corrected chi connectivity index (χ3v) is 5.00. The van der Waals surface area contributed by atoms with Gasteiger partial charge in [0.1, 0.15) is 0 Å². The molecule has 106 valence electrons. The van der Waals surface area contributed by atoms with Crippen molar-refractivity contribution in [3.63, 3.8) is 0 Å². The van der Waals surface area contributed by atoms with Crippen molar-refractivity contribution in [3.8, 4) is 0 Å². The minimum atomic E-state index is -3.77. The zero-order valence-corrected chi connectivity index (χ0v) is 14.4. The van der Waals surface area contributed by atoms with E-state index in [0.717, 1.165) is 9.13 Å². The first-order valence-electron chi connectivity index (χ1n) is 5.78. The van der Waals surface area contributed by atoms with E-state index in [1.54, 1.807) is 24.3 Å². The molecular weight excluding hydrogens is 411 g/mol. The Hall–Kier alpha value is -0.630. The highest BCUT2D eigenvalue weighted by Gasteiger charge is 2.15. The Bertz CT molecular complexity index is 712. The van der Waals surface area contributed by atoms with E-state index < -0.39 is 10.1 Å². The standard InChI is InChI=1S/C14H12ClIO3S/c1-10-2-5-13(6-3-10)20(17,18)19-9-11-8-12(16)4-7-14(11)15/h2-8H,9H2,1H3. The molecule has 3 nitrogen and oxygen atoms in total. The van der Waals surface area contributed by atoms with Gasteiger partial charge in [-0.25, -0.2) is 0 Å². The quantitative estimate of drug-likeness (QED) is 0.549. The molecule has 0 radical (unpaired) electrons. The number of hydrogen-bond acceptors (Lipinski definition) is 3. The second-order valence-corrected chi connectivity index (χ2v) is 7.53. The molecule has 2 aromatic rings. The van der Waals surface area contributed by atoms with Crippen LogP contribution in [0.1, 0.15) is 11.1 Å². The van der Waals surface area contributed by atoms with Crippen molar-refractivity contribution >= 4 is 44.3 Å². The van der Waals surface area contributed by atoms with Crippen molar-refractivity contribution in [2.75, 3.05) is 0 Å². The molecular formula is C14H12ClIO3S. The summed E-state index contributed by atoms with van der Waals surface area (Å²) in [6.45, 7) is 1.81. The zero-order chi connectivity index (χ0) is 14.8. The minimum Gasteiger partial charge on any atom is -0.261 e. The summed E-state index contributed by atoms with van der Waals surface area (Å²) >= 11 is 8.15. The number of benzene rings is 2. The van der Waals surface area contributed by atoms with Crippen LogP contribution < -0.4 is 0 Å². The van der Waals surface area contributed by atoms with Crippen molar-refractivity contribution in [3.05, 3.63) is 62.2 Å². The van der Waals surface area contributed by atoms with Crippen molar-refractivity contribution in [2.45, 2.75) is 18.4 Å². The van der Waals surface area contributed by atoms with Gasteiger partial charge in [-0.1, -0.05) is 29.3 Å². The van der Waals surface area contributed by atoms with Crippen molar-refractivity contribution < 1.29 is 12.6 Å². The molecule has 0 aliphatic carbocycles. The highest BCUT2D eigenvalue weighted by Crippen LogP contribution is 2.22. The molecule has 0 spiro atoms. The predicted molar refractivity (Wildman–Crippen MR) is 87.3 cm³/mol. The summed E-state index contributed by atoms with van der Waals surface area (Å²) in [5.74, 6) is 0. The fraction of sp³-hybridized carbons (Fsp3) is 0.143. The van der Waals surface area contributed by atoms with E-state index in [1.165, 1.54) is 12.1 Å². The summed E-state index contributed by atoms with van der Waals surface area (Å²) < 4.78 is 30.1. The van der Waals surface area contributed by atoms with Crippen LogP contribution in [0, 0.1) is 10.5 Å². The maximum Gasteiger partial charge on any atom is 0.297 e. The molecule has 0 aliphatic heterocycles. The van der Waals surface area contributed by atoms with Gasteiger partial charge >= 0.3 is 0 Å². The molecule has 0 heterocycles. The van der Waals surface area contributed by atoms with Gasteiger partial charge in [-0.15, -0.1) is 0 Å². The Morgan fingerprint density at radius 1 is 1.15 bits per heavy atom. The Morgan fingerprint density at radius 3 is 2.45 bits per heavy atom. The molecule has 2 rings (SSSR count). The first-order valence-corrected chi connectivity index (χ1v) is 8.65. The van der Waals surface area contributed by atoms with Crippen molar-refractivity contribution in [2.24, 2.45) is 0 Å². The van der Waals surface area contributed by atoms with Crippen LogP contribution in [0.2, 0.25) is 5.02 Å². The lowest BCUT2D eigenvalue weighted by atomic mass is 10.2. The summed E-state index contributed by atoms with van der Waals surface area (Å²) in [4.78, 5) is 0.143. The first-order chi connectivity index (χ1) is 9.38. The topological polar surface area (TPSA) is 43.4 Å². The normalized spacial score (nSPS) is 11.6. The van der Waals surface area contributed by atoms with Gasteiger partial charge in [0.2, 0.25) is 0 Å². The highest BCUT2D eigenvalue weighted by molar-refractivity contribution is 14.1. The first kappa shape index (κ1) is 15.8. The zero-order valence-electron chi connectivity index (χ0n) is 10.6. The maximum absolute atomic E-state index is 12.0. The summed E-state index contributed by atoms with van der Waals surface area (Å²) in [7, 11) is -3.77. The Kier molecular flexibility index (Phi) is 5.06. The molecule has 0 aliphatic rings. The molecule has 0 unspecified atom stereocenters. The molecule has 0 atom stereocenters. The lowest BCUT2D eigenvalue weighted by molar-refractivity contribution is 0.308. The Labute approximate surface area is 137 Å². The van der Waals surface area contributed by atoms with Crippen molar-refractivity contribution in [1.29, 1.82) is 0 Å². The van der Waals surface area contributed by atoms with Crippen LogP contribution in [0.3, 0.4) is 0 Å². The molecule has 2 aromatic carbocycles. The lowest BCUT2D eigenvalue weighted by Crippen LogP contribution is -2.07. The number of hydrogen-bond donors (Lipinski definition) is 0. The van der Waals surface area contributed by atoms with E-state index >= 15 is 0 Å². The van der Waals surface area contributed by atoms with Crippen molar-refractivity contribution in [1.82, 2.24) is 0 Å². The molecule has 0 saturated carbocycles. The van der Waals surface area contributed by atoms with Gasteiger partial charge in [0.05, 0.1) is 11.5 Å². The number of aryl methyl sites for hydroxylation is 1. The van der Waals surface area contributed by atoms with Crippen LogP contribution >= 0.6 is 34.2 Å². The highest BCUT2D eigenvalue weighted by atomic mass is 127. The fourth-order valence-electron chi connectivity index (χ4n) is 1.57. The van der Waals surface area contributed by atoms with E-state index in [-0.39, 0.29) is 11.5 Å². The lowest BCUT2D eigenvalue weighted by Gasteiger charge is -2.08. The Morgan fingerprint density at radius 2 is 1.80 bits per heavy atom. The number of halogens is 2. The maximum atomic E-state index is 12.0. The van der Waals surface area contributed by atoms with Crippen LogP contribution in [0.4, 0.5) is 0 Å². The summed E-state index contributed by atoms with van der Waals surface area (Å²) in [6.07, 6.45) is 0. The van der Waals surface area contributed by atoms with Crippen LogP contribution in [-0.4, -0.2) is 8.42 Å². The van der Waals surface area contributed by atoms with E-state index in [9.17, 15) is 8.42 Å². The van der Waals surface area contributed by atoms with Crippen LogP contribution in [0.15, 0.2) is 47.4 Å². The van der Waals surface area contributed by atoms with Crippen LogP contribution in [0.25, 0.3) is 0 Å². The van der Waals surface area contributed by atoms with Gasteiger partial charge in [0.25, 0.3) is 10.1 Å². The SMILES string of the molecule is Cc1ccc(S(=O)(=O)OCc2cc(I)ccc2Cl)cc1. The molecule has 20 heavy (non-hydrogen) atoms. The second-order valence-electron chi connectivity index (χ2n) is 4.27. The average molecular weight is 423 g/mol. The average Bonchev–Trinajstić information content (AvgIpc) is 2.40. The van der Waals surface area contributed by atoms with E-state index in [0.29, 0.717) is 10.6 Å². The van der Waals surface area contributed by atoms with Gasteiger partial charge in [0.15, 0.2) is 0 Å². The summed E-state index contributed by atoms with van der Waals surface area (Å²) in [6, 6.07) is 11.9. The number of rotatable bonds is 4. The van der Waals surface area contributed by atoms with E-state index in [1.807, 2.05) is 13.0 Å². The molecule has 0 aromatic heterocycles. The van der Waals surface area contributed by atoms with Gasteiger partial charge < -0.3 is 0 Å². The molecule has 6 heteroatoms. The third kappa shape index (κ3) is 3.94. The van der Waals surface area contributed by atoms with Gasteiger partial charge in [-0.05, 0) is 65.4 Å². The minimum absolute atomic E-state index is 0.0775. The van der Waals surface area contributed by atoms with E-state index in [4.69, 9.17) is 15.8 Å². The fourth-order valence-corrected chi connectivity index (χ4v) is 3.18. The van der Waals surface area contributed by atoms with E-state index in [2.05, 4.69) is 22.6 Å². The predicted octanol–water partition coefficient (Wildman–Crippen LogP) is 4.16. The van der Waals surface area contributed by atoms with Crippen LogP contribution in [-0.2, 0) is 20.9 Å². The molecule has 0 amide bonds. The second kappa shape index (κ2) is 6.43. The monoisotopic (exact) mass is 422 g/mol. The van der Waals surface area contributed by atoms with Crippen LogP contribution in [0.5, 0.6) is 0 Å². The molecule has 0 N–H and O–H groups in total. The Balaban J connectivity index is 2.17. The molecule has 0 saturated heterocycles. The van der Waals surface area contributed by atoms with Gasteiger partial charge in [-0.3, -0.25) is 4.18 Å². The third-order valence-electron chi connectivity index (χ3n) is 2.69. The molecule has 0 fully saturated rings. The van der Waals surface area contributed by atoms with Gasteiger partial charge in [0, 0.05) is 8.59 Å².